The number of carbonyl (C=O) groups is 2. The van der Waals surface area contributed by atoms with Gasteiger partial charge in [-0.15, -0.1) is 0 Å². The summed E-state index contributed by atoms with van der Waals surface area (Å²) in [7, 11) is 0. The second kappa shape index (κ2) is 9.02. The van der Waals surface area contributed by atoms with Crippen molar-refractivity contribution < 1.29 is 31.9 Å². The molecule has 0 atom stereocenters. The second-order valence-electron chi connectivity index (χ2n) is 7.21. The highest BCUT2D eigenvalue weighted by molar-refractivity contribution is 6.06. The average Bonchev–Trinajstić information content (AvgIpc) is 3.25. The lowest BCUT2D eigenvalue weighted by Crippen LogP contribution is -2.40. The Kier molecular flexibility index (Phi) is 6.14. The summed E-state index contributed by atoms with van der Waals surface area (Å²) in [5.74, 6) is -2.30. The monoisotopic (exact) mass is 462 g/mol. The Hall–Kier alpha value is -3.73. The number of carbonyl (C=O) groups excluding carboxylic acids is 2. The molecule has 0 unspecified atom stereocenters. The molecule has 7 nitrogen and oxygen atoms in total. The van der Waals surface area contributed by atoms with E-state index >= 15 is 0 Å². The lowest BCUT2D eigenvalue weighted by atomic mass is 10.1. The topological polar surface area (TPSA) is 76.5 Å². The number of hydrogen-bond acceptors (Lipinski definition) is 4. The van der Waals surface area contributed by atoms with Crippen LogP contribution in [0.5, 0.6) is 0 Å². The summed E-state index contributed by atoms with van der Waals surface area (Å²) in [4.78, 5) is 27.0. The summed E-state index contributed by atoms with van der Waals surface area (Å²) >= 11 is 0. The van der Waals surface area contributed by atoms with E-state index < -0.39 is 34.8 Å². The highest BCUT2D eigenvalue weighted by Gasteiger charge is 2.41. The van der Waals surface area contributed by atoms with Crippen LogP contribution >= 0.6 is 0 Å². The van der Waals surface area contributed by atoms with Gasteiger partial charge in [-0.2, -0.15) is 18.3 Å². The molecular formula is C22H18F4N4O3. The van der Waals surface area contributed by atoms with Crippen molar-refractivity contribution >= 4 is 17.5 Å². The Labute approximate surface area is 185 Å². The van der Waals surface area contributed by atoms with E-state index in [1.807, 2.05) is 0 Å². The van der Waals surface area contributed by atoms with Gasteiger partial charge in [-0.25, -0.2) is 9.07 Å². The Bertz CT molecular complexity index is 1190. The fraction of sp³-hybridized carbons (Fsp3) is 0.227. The smallest absolute Gasteiger partial charge is 0.378 e. The van der Waals surface area contributed by atoms with Crippen LogP contribution in [0.15, 0.2) is 54.7 Å². The van der Waals surface area contributed by atoms with Gasteiger partial charge in [0.2, 0.25) is 0 Å². The number of alkyl halides is 3. The molecule has 1 saturated heterocycles. The molecule has 1 fully saturated rings. The average molecular weight is 462 g/mol. The molecule has 172 valence electrons. The van der Waals surface area contributed by atoms with Gasteiger partial charge in [-0.3, -0.25) is 9.59 Å². The van der Waals surface area contributed by atoms with Gasteiger partial charge < -0.3 is 15.0 Å². The Balaban J connectivity index is 1.62. The molecule has 0 spiro atoms. The minimum atomic E-state index is -4.99. The lowest BCUT2D eigenvalue weighted by molar-refractivity contribution is -0.143. The number of anilines is 1. The van der Waals surface area contributed by atoms with Gasteiger partial charge in [-0.05, 0) is 30.3 Å². The van der Waals surface area contributed by atoms with Crippen LogP contribution in [-0.4, -0.2) is 52.8 Å². The molecular weight excluding hydrogens is 444 g/mol. The summed E-state index contributed by atoms with van der Waals surface area (Å²) in [5.41, 5.74) is -2.23. The van der Waals surface area contributed by atoms with E-state index in [0.717, 1.165) is 18.3 Å². The first-order chi connectivity index (χ1) is 15.8. The normalized spacial score (nSPS) is 14.2. The van der Waals surface area contributed by atoms with Gasteiger partial charge in [0.15, 0.2) is 5.69 Å². The van der Waals surface area contributed by atoms with Gasteiger partial charge in [0.1, 0.15) is 11.5 Å². The number of rotatable bonds is 4. The molecule has 2 heterocycles. The third kappa shape index (κ3) is 4.72. The number of amides is 2. The van der Waals surface area contributed by atoms with Crippen molar-refractivity contribution in [2.24, 2.45) is 0 Å². The minimum Gasteiger partial charge on any atom is -0.378 e. The Morgan fingerprint density at radius 2 is 1.76 bits per heavy atom. The molecule has 0 radical (unpaired) electrons. The van der Waals surface area contributed by atoms with E-state index in [1.54, 1.807) is 11.0 Å². The summed E-state index contributed by atoms with van der Waals surface area (Å²) in [5, 5.41) is 5.97. The Morgan fingerprint density at radius 1 is 1.03 bits per heavy atom. The maximum absolute atomic E-state index is 14.1. The number of benzene rings is 2. The van der Waals surface area contributed by atoms with Crippen LogP contribution < -0.4 is 5.32 Å². The van der Waals surface area contributed by atoms with E-state index in [-0.39, 0.29) is 17.2 Å². The van der Waals surface area contributed by atoms with E-state index in [2.05, 4.69) is 10.4 Å². The SMILES string of the molecule is O=C(Nc1cccc(C(=O)N2CCOCC2)c1)c1cnn(-c2ccccc2F)c1C(F)(F)F. The number of hydrogen-bond donors (Lipinski definition) is 1. The molecule has 11 heteroatoms. The van der Waals surface area contributed by atoms with Gasteiger partial charge >= 0.3 is 6.18 Å². The summed E-state index contributed by atoms with van der Waals surface area (Å²) < 4.78 is 61.1. The molecule has 0 bridgehead atoms. The quantitative estimate of drug-likeness (QED) is 0.600. The van der Waals surface area contributed by atoms with Crippen molar-refractivity contribution in [3.63, 3.8) is 0 Å². The number of para-hydroxylation sites is 1. The molecule has 4 rings (SSSR count). The molecule has 1 aliphatic heterocycles. The number of morpholine rings is 1. The van der Waals surface area contributed by atoms with Gasteiger partial charge in [-0.1, -0.05) is 18.2 Å². The van der Waals surface area contributed by atoms with Crippen LogP contribution in [0.2, 0.25) is 0 Å². The molecule has 2 amide bonds. The van der Waals surface area contributed by atoms with Gasteiger partial charge in [0.25, 0.3) is 11.8 Å². The molecule has 1 aliphatic rings. The van der Waals surface area contributed by atoms with Gasteiger partial charge in [0, 0.05) is 24.3 Å². The summed E-state index contributed by atoms with van der Waals surface area (Å²) in [6, 6.07) is 10.7. The third-order valence-corrected chi connectivity index (χ3v) is 5.03. The predicted octanol–water partition coefficient (Wildman–Crippen LogP) is 3.75. The van der Waals surface area contributed by atoms with Crippen molar-refractivity contribution in [2.75, 3.05) is 31.6 Å². The maximum atomic E-state index is 14.1. The first kappa shape index (κ1) is 22.5. The zero-order valence-corrected chi connectivity index (χ0v) is 17.1. The third-order valence-electron chi connectivity index (χ3n) is 5.03. The zero-order valence-electron chi connectivity index (χ0n) is 17.1. The number of nitrogens with one attached hydrogen (secondary N) is 1. The van der Waals surface area contributed by atoms with E-state index in [1.165, 1.54) is 30.3 Å². The fourth-order valence-electron chi connectivity index (χ4n) is 3.47. The van der Waals surface area contributed by atoms with Crippen LogP contribution in [0.3, 0.4) is 0 Å². The van der Waals surface area contributed by atoms with Crippen molar-refractivity contribution in [1.29, 1.82) is 0 Å². The first-order valence-corrected chi connectivity index (χ1v) is 9.94. The van der Waals surface area contributed by atoms with Crippen molar-refractivity contribution in [3.8, 4) is 5.69 Å². The fourth-order valence-corrected chi connectivity index (χ4v) is 3.47. The largest absolute Gasteiger partial charge is 0.434 e. The van der Waals surface area contributed by atoms with Crippen LogP contribution in [-0.2, 0) is 10.9 Å². The van der Waals surface area contributed by atoms with E-state index in [9.17, 15) is 27.2 Å². The van der Waals surface area contributed by atoms with Crippen molar-refractivity contribution in [3.05, 3.63) is 77.4 Å². The Morgan fingerprint density at radius 3 is 2.45 bits per heavy atom. The lowest BCUT2D eigenvalue weighted by Gasteiger charge is -2.27. The number of aromatic nitrogens is 2. The molecule has 33 heavy (non-hydrogen) atoms. The van der Waals surface area contributed by atoms with Crippen LogP contribution in [0.1, 0.15) is 26.4 Å². The predicted molar refractivity (Wildman–Crippen MR) is 110 cm³/mol. The minimum absolute atomic E-state index is 0.130. The van der Waals surface area contributed by atoms with Crippen LogP contribution in [0.4, 0.5) is 23.2 Å². The van der Waals surface area contributed by atoms with Crippen LogP contribution in [0.25, 0.3) is 5.69 Å². The highest BCUT2D eigenvalue weighted by Crippen LogP contribution is 2.34. The molecule has 2 aromatic carbocycles. The van der Waals surface area contributed by atoms with E-state index in [0.29, 0.717) is 31.0 Å². The van der Waals surface area contributed by atoms with Crippen molar-refractivity contribution in [1.82, 2.24) is 14.7 Å². The first-order valence-electron chi connectivity index (χ1n) is 9.94. The molecule has 1 N–H and O–H groups in total. The highest BCUT2D eigenvalue weighted by atomic mass is 19.4. The standard InChI is InChI=1S/C22H18F4N4O3/c23-17-6-1-2-7-18(17)30-19(22(24,25)26)16(13-27-30)20(31)28-15-5-3-4-14(12-15)21(32)29-8-10-33-11-9-29/h1-7,12-13H,8-11H2,(H,28,31). The molecule has 0 aliphatic carbocycles. The number of halogens is 4. The second-order valence-corrected chi connectivity index (χ2v) is 7.21. The zero-order chi connectivity index (χ0) is 23.6. The summed E-state index contributed by atoms with van der Waals surface area (Å²) in [6.07, 6.45) is -4.26. The van der Waals surface area contributed by atoms with Gasteiger partial charge in [0.05, 0.1) is 25.0 Å². The maximum Gasteiger partial charge on any atom is 0.434 e. The van der Waals surface area contributed by atoms with E-state index in [4.69, 9.17) is 4.74 Å². The molecule has 3 aromatic rings. The number of nitrogens with zero attached hydrogens (tertiary/aromatic N) is 3. The van der Waals surface area contributed by atoms with Crippen molar-refractivity contribution in [2.45, 2.75) is 6.18 Å². The molecule has 1 aromatic heterocycles. The molecule has 0 saturated carbocycles. The number of ether oxygens (including phenoxy) is 1. The van der Waals surface area contributed by atoms with Crippen LogP contribution in [0, 0.1) is 5.82 Å². The summed E-state index contributed by atoms with van der Waals surface area (Å²) in [6.45, 7) is 1.65.